The largest absolute Gasteiger partial charge is 0.495 e. The van der Waals surface area contributed by atoms with Gasteiger partial charge in [-0.05, 0) is 30.3 Å². The topological polar surface area (TPSA) is 45.0 Å². The van der Waals surface area contributed by atoms with E-state index in [1.165, 1.54) is 13.2 Å². The predicted octanol–water partition coefficient (Wildman–Crippen LogP) is 4.33. The first-order valence-corrected chi connectivity index (χ1v) is 5.97. The number of alkyl halides is 3. The summed E-state index contributed by atoms with van der Waals surface area (Å²) in [4.78, 5) is 0. The third kappa shape index (κ3) is 3.26. The van der Waals surface area contributed by atoms with Crippen LogP contribution in [0.3, 0.4) is 0 Å². The van der Waals surface area contributed by atoms with E-state index in [1.807, 2.05) is 0 Å². The van der Waals surface area contributed by atoms with Gasteiger partial charge in [-0.3, -0.25) is 0 Å². The molecule has 1 N–H and O–H groups in total. The molecule has 0 aromatic heterocycles. The molecule has 0 saturated carbocycles. The van der Waals surface area contributed by atoms with E-state index in [0.717, 1.165) is 12.1 Å². The van der Waals surface area contributed by atoms with Gasteiger partial charge in [-0.1, -0.05) is 12.1 Å². The fourth-order valence-corrected chi connectivity index (χ4v) is 1.86. The predicted molar refractivity (Wildman–Crippen MR) is 72.4 cm³/mol. The highest BCUT2D eigenvalue weighted by Crippen LogP contribution is 2.35. The number of hydrogen-bond acceptors (Lipinski definition) is 3. The van der Waals surface area contributed by atoms with Crippen molar-refractivity contribution < 1.29 is 17.9 Å². The van der Waals surface area contributed by atoms with Gasteiger partial charge in [0.05, 0.1) is 30.0 Å². The van der Waals surface area contributed by atoms with Crippen molar-refractivity contribution in [1.82, 2.24) is 0 Å². The molecule has 3 nitrogen and oxygen atoms in total. The first-order valence-electron chi connectivity index (χ1n) is 5.97. The molecule has 0 saturated heterocycles. The van der Waals surface area contributed by atoms with Crippen LogP contribution in [0.4, 0.5) is 24.5 Å². The maximum absolute atomic E-state index is 12.9. The van der Waals surface area contributed by atoms with E-state index in [-0.39, 0.29) is 5.69 Å². The number of rotatable bonds is 3. The van der Waals surface area contributed by atoms with Gasteiger partial charge in [0.15, 0.2) is 0 Å². The Kier molecular flexibility index (Phi) is 4.03. The second-order valence-electron chi connectivity index (χ2n) is 4.20. The molecule has 0 bridgehead atoms. The normalized spacial score (nSPS) is 10.8. The van der Waals surface area contributed by atoms with Gasteiger partial charge >= 0.3 is 6.18 Å². The van der Waals surface area contributed by atoms with Crippen LogP contribution in [0.25, 0.3) is 0 Å². The van der Waals surface area contributed by atoms with E-state index in [1.54, 1.807) is 30.3 Å². The summed E-state index contributed by atoms with van der Waals surface area (Å²) in [5.41, 5.74) is -0.610. The Balaban J connectivity index is 2.40. The molecule has 2 rings (SSSR count). The zero-order valence-corrected chi connectivity index (χ0v) is 11.0. The van der Waals surface area contributed by atoms with Gasteiger partial charge in [0.25, 0.3) is 0 Å². The summed E-state index contributed by atoms with van der Waals surface area (Å²) < 4.78 is 43.8. The number of ether oxygens (including phenoxy) is 1. The maximum atomic E-state index is 12.9. The van der Waals surface area contributed by atoms with Crippen LogP contribution < -0.4 is 10.1 Å². The van der Waals surface area contributed by atoms with Gasteiger partial charge in [0.1, 0.15) is 5.75 Å². The molecular weight excluding hydrogens is 281 g/mol. The van der Waals surface area contributed by atoms with E-state index < -0.39 is 17.3 Å². The monoisotopic (exact) mass is 292 g/mol. The van der Waals surface area contributed by atoms with Crippen molar-refractivity contribution in [2.75, 3.05) is 12.4 Å². The average molecular weight is 292 g/mol. The molecule has 0 aliphatic rings. The Hall–Kier alpha value is -2.68. The molecule has 0 unspecified atom stereocenters. The van der Waals surface area contributed by atoms with Crippen LogP contribution in [-0.4, -0.2) is 7.11 Å². The third-order valence-corrected chi connectivity index (χ3v) is 2.83. The summed E-state index contributed by atoms with van der Waals surface area (Å²) in [5, 5.41) is 11.6. The highest BCUT2D eigenvalue weighted by molar-refractivity contribution is 5.67. The van der Waals surface area contributed by atoms with Gasteiger partial charge in [0.2, 0.25) is 0 Å². The minimum absolute atomic E-state index is 0.228. The van der Waals surface area contributed by atoms with Gasteiger partial charge in [-0.2, -0.15) is 18.4 Å². The number of benzene rings is 2. The van der Waals surface area contributed by atoms with Crippen LogP contribution in [0.15, 0.2) is 42.5 Å². The first kappa shape index (κ1) is 14.7. The molecule has 108 valence electrons. The molecular formula is C15H11F3N2O. The molecule has 0 aliphatic heterocycles. The summed E-state index contributed by atoms with van der Waals surface area (Å²) in [7, 11) is 1.47. The minimum atomic E-state index is -4.58. The molecule has 2 aromatic rings. The van der Waals surface area contributed by atoms with Crippen LogP contribution in [0.2, 0.25) is 0 Å². The van der Waals surface area contributed by atoms with Gasteiger partial charge in [-0.15, -0.1) is 0 Å². The molecule has 0 spiro atoms. The average Bonchev–Trinajstić information content (AvgIpc) is 2.47. The number of nitrogens with zero attached hydrogens (tertiary/aromatic N) is 1. The number of anilines is 2. The SMILES string of the molecule is COc1ccccc1Nc1ccc(C#N)c(C(F)(F)F)c1. The number of nitriles is 1. The van der Waals surface area contributed by atoms with Crippen molar-refractivity contribution in [3.05, 3.63) is 53.6 Å². The van der Waals surface area contributed by atoms with Crippen LogP contribution in [0.1, 0.15) is 11.1 Å². The number of halogens is 3. The Morgan fingerprint density at radius 3 is 2.48 bits per heavy atom. The zero-order chi connectivity index (χ0) is 15.5. The summed E-state index contributed by atoms with van der Waals surface area (Å²) >= 11 is 0. The Bertz CT molecular complexity index is 690. The Labute approximate surface area is 119 Å². The van der Waals surface area contributed by atoms with Gasteiger partial charge < -0.3 is 10.1 Å². The van der Waals surface area contributed by atoms with E-state index in [9.17, 15) is 13.2 Å². The molecule has 0 fully saturated rings. The molecule has 2 aromatic carbocycles. The first-order chi connectivity index (χ1) is 9.95. The maximum Gasteiger partial charge on any atom is 0.417 e. The van der Waals surface area contributed by atoms with E-state index in [2.05, 4.69) is 5.32 Å². The lowest BCUT2D eigenvalue weighted by Crippen LogP contribution is -2.08. The van der Waals surface area contributed by atoms with Crippen molar-refractivity contribution in [3.8, 4) is 11.8 Å². The Morgan fingerprint density at radius 1 is 1.14 bits per heavy atom. The number of para-hydroxylation sites is 2. The van der Waals surface area contributed by atoms with Crippen molar-refractivity contribution in [2.45, 2.75) is 6.18 Å². The summed E-state index contributed by atoms with van der Waals surface area (Å²) in [5.74, 6) is 0.510. The molecule has 0 heterocycles. The quantitative estimate of drug-likeness (QED) is 0.915. The second kappa shape index (κ2) is 5.75. The van der Waals surface area contributed by atoms with Gasteiger partial charge in [0, 0.05) is 5.69 Å². The van der Waals surface area contributed by atoms with Crippen molar-refractivity contribution in [1.29, 1.82) is 5.26 Å². The Morgan fingerprint density at radius 2 is 1.86 bits per heavy atom. The number of hydrogen-bond donors (Lipinski definition) is 1. The van der Waals surface area contributed by atoms with Crippen molar-refractivity contribution in [2.24, 2.45) is 0 Å². The number of methoxy groups -OCH3 is 1. The van der Waals surface area contributed by atoms with E-state index >= 15 is 0 Å². The fraction of sp³-hybridized carbons (Fsp3) is 0.133. The molecule has 0 amide bonds. The zero-order valence-electron chi connectivity index (χ0n) is 11.0. The standard InChI is InChI=1S/C15H11F3N2O/c1-21-14-5-3-2-4-13(14)20-11-7-6-10(9-19)12(8-11)15(16,17)18/h2-8,20H,1H3. The van der Waals surface area contributed by atoms with Crippen molar-refractivity contribution >= 4 is 11.4 Å². The smallest absolute Gasteiger partial charge is 0.417 e. The number of nitrogens with one attached hydrogen (secondary N) is 1. The summed E-state index contributed by atoms with van der Waals surface area (Å²) in [6, 6.07) is 11.9. The van der Waals surface area contributed by atoms with Crippen molar-refractivity contribution in [3.63, 3.8) is 0 Å². The lowest BCUT2D eigenvalue weighted by molar-refractivity contribution is -0.137. The summed E-state index contributed by atoms with van der Waals surface area (Å²) in [6.07, 6.45) is -4.58. The highest BCUT2D eigenvalue weighted by atomic mass is 19.4. The lowest BCUT2D eigenvalue weighted by atomic mass is 10.1. The molecule has 21 heavy (non-hydrogen) atoms. The lowest BCUT2D eigenvalue weighted by Gasteiger charge is -2.14. The summed E-state index contributed by atoms with van der Waals surface area (Å²) in [6.45, 7) is 0. The third-order valence-electron chi connectivity index (χ3n) is 2.83. The molecule has 6 heteroatoms. The van der Waals surface area contributed by atoms with Crippen LogP contribution in [0, 0.1) is 11.3 Å². The fourth-order valence-electron chi connectivity index (χ4n) is 1.86. The molecule has 0 atom stereocenters. The highest BCUT2D eigenvalue weighted by Gasteiger charge is 2.33. The van der Waals surface area contributed by atoms with Gasteiger partial charge in [-0.25, -0.2) is 0 Å². The second-order valence-corrected chi connectivity index (χ2v) is 4.20. The van der Waals surface area contributed by atoms with E-state index in [0.29, 0.717) is 11.4 Å². The minimum Gasteiger partial charge on any atom is -0.495 e. The molecule has 0 aliphatic carbocycles. The molecule has 0 radical (unpaired) electrons. The van der Waals surface area contributed by atoms with E-state index in [4.69, 9.17) is 10.00 Å². The van der Waals surface area contributed by atoms with Crippen LogP contribution >= 0.6 is 0 Å². The van der Waals surface area contributed by atoms with Crippen LogP contribution in [0.5, 0.6) is 5.75 Å². The van der Waals surface area contributed by atoms with Crippen LogP contribution in [-0.2, 0) is 6.18 Å².